The van der Waals surface area contributed by atoms with E-state index >= 15 is 0 Å². The van der Waals surface area contributed by atoms with Gasteiger partial charge in [0.25, 0.3) is 0 Å². The van der Waals surface area contributed by atoms with Crippen LogP contribution in [0.4, 0.5) is 0 Å². The molecule has 0 spiro atoms. The first kappa shape index (κ1) is 25.7. The summed E-state index contributed by atoms with van der Waals surface area (Å²) in [6, 6.07) is 0. The zero-order valence-electron chi connectivity index (χ0n) is 18.4. The number of aliphatic hydroxyl groups excluding tert-OH is 1. The fourth-order valence-electron chi connectivity index (χ4n) is 4.21. The fourth-order valence-corrected chi connectivity index (χ4v) is 4.21. The minimum Gasteiger partial charge on any atom is -0.481 e. The molecule has 1 fully saturated rings. The number of rotatable bonds is 17. The monoisotopic (exact) mass is 404 g/mol. The van der Waals surface area contributed by atoms with E-state index < -0.39 is 5.97 Å². The number of unbranched alkanes of at least 4 members (excludes halogenated alkanes) is 7. The Balaban J connectivity index is 1.98. The van der Waals surface area contributed by atoms with Gasteiger partial charge in [-0.3, -0.25) is 4.79 Å². The van der Waals surface area contributed by atoms with Gasteiger partial charge in [-0.1, -0.05) is 68.6 Å². The van der Waals surface area contributed by atoms with Crippen LogP contribution in [0.3, 0.4) is 0 Å². The predicted molar refractivity (Wildman–Crippen MR) is 123 cm³/mol. The molecule has 1 saturated carbocycles. The zero-order chi connectivity index (χ0) is 21.0. The molecule has 1 aliphatic rings. The number of carbonyl (C=O) groups is 1. The van der Waals surface area contributed by atoms with Crippen molar-refractivity contribution >= 4 is 5.97 Å². The number of hydrogen-bond donors (Lipinski definition) is 2. The van der Waals surface area contributed by atoms with Crippen molar-refractivity contribution in [1.82, 2.24) is 0 Å². The van der Waals surface area contributed by atoms with E-state index in [4.69, 9.17) is 5.11 Å². The first-order valence-corrected chi connectivity index (χ1v) is 12.1. The van der Waals surface area contributed by atoms with E-state index in [1.54, 1.807) is 0 Å². The van der Waals surface area contributed by atoms with Gasteiger partial charge in [0, 0.05) is 6.61 Å². The highest BCUT2D eigenvalue weighted by Crippen LogP contribution is 2.32. The summed E-state index contributed by atoms with van der Waals surface area (Å²) in [5.74, 6) is -0.326. The van der Waals surface area contributed by atoms with E-state index in [1.807, 2.05) is 0 Å². The molecule has 1 aliphatic carbocycles. The maximum absolute atomic E-state index is 11.6. The van der Waals surface area contributed by atoms with Gasteiger partial charge in [-0.25, -0.2) is 0 Å². The van der Waals surface area contributed by atoms with Gasteiger partial charge in [0.15, 0.2) is 0 Å². The van der Waals surface area contributed by atoms with Crippen LogP contribution in [-0.4, -0.2) is 22.8 Å². The number of aliphatic hydroxyl groups is 1. The number of carboxylic acid groups (broad SMARTS) is 1. The number of carboxylic acids is 1. The summed E-state index contributed by atoms with van der Waals surface area (Å²) in [4.78, 5) is 11.6. The van der Waals surface area contributed by atoms with Crippen molar-refractivity contribution in [3.05, 3.63) is 36.5 Å². The lowest BCUT2D eigenvalue weighted by Gasteiger charge is -2.27. The SMILES string of the molecule is O=C(O)C(CCC=CCCCCC=CC=CCCCCCCO)C1CCCCC1. The molecule has 3 nitrogen and oxygen atoms in total. The normalized spacial score (nSPS) is 17.0. The first-order chi connectivity index (χ1) is 14.3. The molecule has 0 aromatic carbocycles. The van der Waals surface area contributed by atoms with Crippen LogP contribution in [0.15, 0.2) is 36.5 Å². The maximum Gasteiger partial charge on any atom is 0.306 e. The quantitative estimate of drug-likeness (QED) is 0.153. The average molecular weight is 405 g/mol. The third-order valence-electron chi connectivity index (χ3n) is 6.00. The lowest BCUT2D eigenvalue weighted by Crippen LogP contribution is -2.25. The lowest BCUT2D eigenvalue weighted by atomic mass is 9.78. The van der Waals surface area contributed by atoms with Crippen molar-refractivity contribution in [3.63, 3.8) is 0 Å². The molecule has 2 N–H and O–H groups in total. The van der Waals surface area contributed by atoms with E-state index in [2.05, 4.69) is 36.5 Å². The van der Waals surface area contributed by atoms with E-state index in [0.717, 1.165) is 57.8 Å². The van der Waals surface area contributed by atoms with Crippen LogP contribution in [-0.2, 0) is 4.79 Å². The molecule has 166 valence electrons. The van der Waals surface area contributed by atoms with Crippen LogP contribution in [0, 0.1) is 11.8 Å². The Hall–Kier alpha value is -1.35. The summed E-state index contributed by atoms with van der Waals surface area (Å²) >= 11 is 0. The Kier molecular flexibility index (Phi) is 16.5. The van der Waals surface area contributed by atoms with Crippen LogP contribution in [0.5, 0.6) is 0 Å². The third-order valence-corrected chi connectivity index (χ3v) is 6.00. The highest BCUT2D eigenvalue weighted by atomic mass is 16.4. The molecule has 0 aliphatic heterocycles. The second-order valence-corrected chi connectivity index (χ2v) is 8.46. The summed E-state index contributed by atoms with van der Waals surface area (Å²) in [6.45, 7) is 0.319. The van der Waals surface area contributed by atoms with Gasteiger partial charge in [0.1, 0.15) is 0 Å². The smallest absolute Gasteiger partial charge is 0.306 e. The van der Waals surface area contributed by atoms with Gasteiger partial charge >= 0.3 is 5.97 Å². The molecule has 0 radical (unpaired) electrons. The number of allylic oxidation sites excluding steroid dienone is 6. The van der Waals surface area contributed by atoms with Crippen molar-refractivity contribution in [2.45, 2.75) is 103 Å². The zero-order valence-corrected chi connectivity index (χ0v) is 18.4. The van der Waals surface area contributed by atoms with E-state index in [1.165, 1.54) is 44.9 Å². The van der Waals surface area contributed by atoms with Crippen molar-refractivity contribution < 1.29 is 15.0 Å². The van der Waals surface area contributed by atoms with Gasteiger partial charge in [0.05, 0.1) is 5.92 Å². The van der Waals surface area contributed by atoms with E-state index in [0.29, 0.717) is 12.5 Å². The molecule has 29 heavy (non-hydrogen) atoms. The third kappa shape index (κ3) is 14.3. The molecule has 0 aromatic heterocycles. The van der Waals surface area contributed by atoms with Crippen LogP contribution in [0.25, 0.3) is 0 Å². The van der Waals surface area contributed by atoms with Gasteiger partial charge in [-0.15, -0.1) is 0 Å². The molecular formula is C26H44O3. The number of aliphatic carboxylic acids is 1. The molecule has 1 atom stereocenters. The highest BCUT2D eigenvalue weighted by molar-refractivity contribution is 5.70. The lowest BCUT2D eigenvalue weighted by molar-refractivity contribution is -0.144. The fraction of sp³-hybridized carbons (Fsp3) is 0.731. The molecule has 0 heterocycles. The molecule has 1 unspecified atom stereocenters. The minimum atomic E-state index is -0.590. The maximum atomic E-state index is 11.6. The molecule has 3 heteroatoms. The van der Waals surface area contributed by atoms with Crippen molar-refractivity contribution in [2.75, 3.05) is 6.61 Å². The molecule has 0 amide bonds. The Labute approximate surface area is 179 Å². The highest BCUT2D eigenvalue weighted by Gasteiger charge is 2.28. The first-order valence-electron chi connectivity index (χ1n) is 12.1. The largest absolute Gasteiger partial charge is 0.481 e. The Morgan fingerprint density at radius 2 is 1.31 bits per heavy atom. The average Bonchev–Trinajstić information content (AvgIpc) is 2.73. The molecular weight excluding hydrogens is 360 g/mol. The van der Waals surface area contributed by atoms with Crippen LogP contribution in [0.2, 0.25) is 0 Å². The van der Waals surface area contributed by atoms with Crippen LogP contribution >= 0.6 is 0 Å². The van der Waals surface area contributed by atoms with Gasteiger partial charge in [-0.05, 0) is 76.5 Å². The van der Waals surface area contributed by atoms with Crippen molar-refractivity contribution in [1.29, 1.82) is 0 Å². The summed E-state index contributed by atoms with van der Waals surface area (Å²) in [6.07, 6.45) is 31.0. The number of hydrogen-bond acceptors (Lipinski definition) is 2. The van der Waals surface area contributed by atoms with Crippen molar-refractivity contribution in [2.24, 2.45) is 11.8 Å². The summed E-state index contributed by atoms with van der Waals surface area (Å²) < 4.78 is 0. The van der Waals surface area contributed by atoms with Gasteiger partial charge in [0.2, 0.25) is 0 Å². The van der Waals surface area contributed by atoms with E-state index in [-0.39, 0.29) is 5.92 Å². The van der Waals surface area contributed by atoms with Gasteiger partial charge < -0.3 is 10.2 Å². The molecule has 1 rings (SSSR count). The second kappa shape index (κ2) is 18.7. The summed E-state index contributed by atoms with van der Waals surface area (Å²) in [5, 5.41) is 18.2. The van der Waals surface area contributed by atoms with Crippen molar-refractivity contribution in [3.8, 4) is 0 Å². The minimum absolute atomic E-state index is 0.140. The Morgan fingerprint density at radius 1 is 0.759 bits per heavy atom. The van der Waals surface area contributed by atoms with Gasteiger partial charge in [-0.2, -0.15) is 0 Å². The Morgan fingerprint density at radius 3 is 1.93 bits per heavy atom. The topological polar surface area (TPSA) is 57.5 Å². The van der Waals surface area contributed by atoms with Crippen LogP contribution in [0.1, 0.15) is 103 Å². The summed E-state index contributed by atoms with van der Waals surface area (Å²) in [5.41, 5.74) is 0. The van der Waals surface area contributed by atoms with Crippen LogP contribution < -0.4 is 0 Å². The Bertz CT molecular complexity index is 472. The molecule has 0 saturated heterocycles. The molecule has 0 aromatic rings. The second-order valence-electron chi connectivity index (χ2n) is 8.46. The van der Waals surface area contributed by atoms with E-state index in [9.17, 15) is 9.90 Å². The summed E-state index contributed by atoms with van der Waals surface area (Å²) in [7, 11) is 0. The predicted octanol–water partition coefficient (Wildman–Crippen LogP) is 7.22. The standard InChI is InChI=1S/C26H44O3/c27-23-19-14-12-10-8-6-4-2-1-3-5-7-9-11-13-18-22-25(26(28)29)24-20-16-15-17-21-24/h1-2,4,6,11,13,24-25,27H,3,5,7-10,12,14-23H2,(H,28,29). The molecule has 0 bridgehead atoms.